The maximum atomic E-state index is 11.5. The maximum absolute atomic E-state index is 11.5. The van der Waals surface area contributed by atoms with Crippen LogP contribution in [-0.2, 0) is 0 Å². The SMILES string of the molecule is CC(C)CC(C)Nc1cc(=O)[nH]c(C2CC2)n1. The molecule has 0 spiro atoms. The fraction of sp³-hybridized carbons (Fsp3) is 0.692. The van der Waals surface area contributed by atoms with Crippen molar-refractivity contribution in [3.8, 4) is 0 Å². The monoisotopic (exact) mass is 235 g/mol. The molecule has 1 aliphatic carbocycles. The second-order valence-corrected chi connectivity index (χ2v) is 5.47. The number of nitrogens with zero attached hydrogens (tertiary/aromatic N) is 1. The minimum Gasteiger partial charge on any atom is -0.367 e. The molecular weight excluding hydrogens is 214 g/mol. The first kappa shape index (κ1) is 12.1. The molecule has 0 saturated heterocycles. The van der Waals surface area contributed by atoms with Crippen LogP contribution in [0.15, 0.2) is 10.9 Å². The van der Waals surface area contributed by atoms with Crippen LogP contribution in [0, 0.1) is 5.92 Å². The summed E-state index contributed by atoms with van der Waals surface area (Å²) in [5.41, 5.74) is -0.0545. The third-order valence-electron chi connectivity index (χ3n) is 2.94. The van der Waals surface area contributed by atoms with Gasteiger partial charge in [-0.3, -0.25) is 4.79 Å². The van der Waals surface area contributed by atoms with Crippen LogP contribution in [-0.4, -0.2) is 16.0 Å². The van der Waals surface area contributed by atoms with Crippen LogP contribution >= 0.6 is 0 Å². The summed E-state index contributed by atoms with van der Waals surface area (Å²) in [6.45, 7) is 6.51. The number of hydrogen-bond acceptors (Lipinski definition) is 3. The second kappa shape index (κ2) is 4.90. The van der Waals surface area contributed by atoms with Gasteiger partial charge in [-0.1, -0.05) is 13.8 Å². The van der Waals surface area contributed by atoms with E-state index in [1.165, 1.54) is 0 Å². The van der Waals surface area contributed by atoms with Gasteiger partial charge in [-0.2, -0.15) is 0 Å². The zero-order valence-electron chi connectivity index (χ0n) is 10.8. The number of nitrogens with one attached hydrogen (secondary N) is 2. The smallest absolute Gasteiger partial charge is 0.252 e. The van der Waals surface area contributed by atoms with Gasteiger partial charge >= 0.3 is 0 Å². The Bertz CT molecular complexity index is 435. The van der Waals surface area contributed by atoms with E-state index in [1.807, 2.05) is 0 Å². The Balaban J connectivity index is 2.07. The van der Waals surface area contributed by atoms with E-state index in [1.54, 1.807) is 6.07 Å². The predicted molar refractivity (Wildman–Crippen MR) is 69.4 cm³/mol. The van der Waals surface area contributed by atoms with E-state index >= 15 is 0 Å². The summed E-state index contributed by atoms with van der Waals surface area (Å²) in [5.74, 6) is 2.67. The van der Waals surface area contributed by atoms with Crippen molar-refractivity contribution >= 4 is 5.82 Å². The molecule has 1 saturated carbocycles. The Kier molecular flexibility index (Phi) is 3.50. The number of aromatic nitrogens is 2. The Morgan fingerprint density at radius 3 is 2.76 bits per heavy atom. The van der Waals surface area contributed by atoms with Crippen molar-refractivity contribution in [1.82, 2.24) is 9.97 Å². The van der Waals surface area contributed by atoms with Crippen molar-refractivity contribution in [1.29, 1.82) is 0 Å². The first-order valence-electron chi connectivity index (χ1n) is 6.42. The van der Waals surface area contributed by atoms with Gasteiger partial charge in [0.25, 0.3) is 5.56 Å². The van der Waals surface area contributed by atoms with Crippen molar-refractivity contribution in [2.24, 2.45) is 5.92 Å². The van der Waals surface area contributed by atoms with Gasteiger partial charge in [0, 0.05) is 18.0 Å². The molecule has 0 aliphatic heterocycles. The summed E-state index contributed by atoms with van der Waals surface area (Å²) < 4.78 is 0. The van der Waals surface area contributed by atoms with Gasteiger partial charge in [0.2, 0.25) is 0 Å². The lowest BCUT2D eigenvalue weighted by atomic mass is 10.1. The van der Waals surface area contributed by atoms with E-state index in [4.69, 9.17) is 0 Å². The topological polar surface area (TPSA) is 57.8 Å². The molecule has 1 fully saturated rings. The standard InChI is InChI=1S/C13H21N3O/c1-8(2)6-9(3)14-11-7-12(17)16-13(15-11)10-4-5-10/h7-10H,4-6H2,1-3H3,(H2,14,15,16,17). The molecule has 1 unspecified atom stereocenters. The van der Waals surface area contributed by atoms with Crippen molar-refractivity contribution in [3.63, 3.8) is 0 Å². The van der Waals surface area contributed by atoms with Gasteiger partial charge in [0.1, 0.15) is 11.6 Å². The molecule has 0 amide bonds. The average molecular weight is 235 g/mol. The summed E-state index contributed by atoms with van der Waals surface area (Å²) in [7, 11) is 0. The summed E-state index contributed by atoms with van der Waals surface area (Å²) >= 11 is 0. The fourth-order valence-electron chi connectivity index (χ4n) is 2.12. The van der Waals surface area contributed by atoms with Gasteiger partial charge in [-0.15, -0.1) is 0 Å². The number of aromatic amines is 1. The van der Waals surface area contributed by atoms with Crippen LogP contribution in [0.3, 0.4) is 0 Å². The highest BCUT2D eigenvalue weighted by Gasteiger charge is 2.26. The van der Waals surface area contributed by atoms with Gasteiger partial charge in [-0.25, -0.2) is 4.98 Å². The highest BCUT2D eigenvalue weighted by molar-refractivity contribution is 5.35. The maximum Gasteiger partial charge on any atom is 0.252 e. The molecule has 2 rings (SSSR count). The minimum atomic E-state index is -0.0545. The lowest BCUT2D eigenvalue weighted by Crippen LogP contribution is -2.21. The first-order valence-corrected chi connectivity index (χ1v) is 6.42. The van der Waals surface area contributed by atoms with Crippen molar-refractivity contribution in [3.05, 3.63) is 22.2 Å². The molecule has 1 atom stereocenters. The Hall–Kier alpha value is -1.32. The molecular formula is C13H21N3O. The van der Waals surface area contributed by atoms with Crippen molar-refractivity contribution in [2.45, 2.75) is 52.0 Å². The van der Waals surface area contributed by atoms with E-state index in [9.17, 15) is 4.79 Å². The largest absolute Gasteiger partial charge is 0.367 e. The molecule has 0 bridgehead atoms. The van der Waals surface area contributed by atoms with Gasteiger partial charge in [0.15, 0.2) is 0 Å². The lowest BCUT2D eigenvalue weighted by Gasteiger charge is -2.16. The Labute approximate surface area is 102 Å². The van der Waals surface area contributed by atoms with E-state index in [-0.39, 0.29) is 5.56 Å². The molecule has 17 heavy (non-hydrogen) atoms. The molecule has 0 aromatic carbocycles. The zero-order valence-corrected chi connectivity index (χ0v) is 10.8. The highest BCUT2D eigenvalue weighted by atomic mass is 16.1. The Morgan fingerprint density at radius 1 is 1.47 bits per heavy atom. The second-order valence-electron chi connectivity index (χ2n) is 5.47. The number of anilines is 1. The number of rotatable bonds is 5. The van der Waals surface area contributed by atoms with Gasteiger partial charge in [0.05, 0.1) is 0 Å². The predicted octanol–water partition coefficient (Wildman–Crippen LogP) is 2.49. The molecule has 2 N–H and O–H groups in total. The third-order valence-corrected chi connectivity index (χ3v) is 2.94. The molecule has 0 radical (unpaired) electrons. The quantitative estimate of drug-likeness (QED) is 0.824. The Morgan fingerprint density at radius 2 is 2.18 bits per heavy atom. The third kappa shape index (κ3) is 3.58. The summed E-state index contributed by atoms with van der Waals surface area (Å²) in [6, 6.07) is 1.89. The van der Waals surface area contributed by atoms with E-state index in [0.717, 1.165) is 25.1 Å². The lowest BCUT2D eigenvalue weighted by molar-refractivity contribution is 0.538. The molecule has 4 nitrogen and oxygen atoms in total. The van der Waals surface area contributed by atoms with Crippen LogP contribution in [0.1, 0.15) is 51.8 Å². The first-order chi connectivity index (χ1) is 8.04. The molecule has 94 valence electrons. The summed E-state index contributed by atoms with van der Waals surface area (Å²) in [4.78, 5) is 18.8. The fourth-order valence-corrected chi connectivity index (χ4v) is 2.12. The summed E-state index contributed by atoms with van der Waals surface area (Å²) in [6.07, 6.45) is 3.37. The van der Waals surface area contributed by atoms with Crippen molar-refractivity contribution < 1.29 is 0 Å². The minimum absolute atomic E-state index is 0.0545. The van der Waals surface area contributed by atoms with Crippen molar-refractivity contribution in [2.75, 3.05) is 5.32 Å². The van der Waals surface area contributed by atoms with E-state index in [0.29, 0.717) is 23.7 Å². The van der Waals surface area contributed by atoms with Crippen LogP contribution in [0.2, 0.25) is 0 Å². The molecule has 1 aromatic heterocycles. The highest BCUT2D eigenvalue weighted by Crippen LogP contribution is 2.37. The molecule has 1 aliphatic rings. The number of hydrogen-bond donors (Lipinski definition) is 2. The van der Waals surface area contributed by atoms with Gasteiger partial charge < -0.3 is 10.3 Å². The summed E-state index contributed by atoms with van der Waals surface area (Å²) in [5, 5.41) is 3.31. The van der Waals surface area contributed by atoms with Crippen LogP contribution in [0.25, 0.3) is 0 Å². The van der Waals surface area contributed by atoms with E-state index in [2.05, 4.69) is 36.1 Å². The van der Waals surface area contributed by atoms with Crippen LogP contribution in [0.5, 0.6) is 0 Å². The van der Waals surface area contributed by atoms with E-state index < -0.39 is 0 Å². The molecule has 1 heterocycles. The molecule has 4 heteroatoms. The molecule has 1 aromatic rings. The van der Waals surface area contributed by atoms with Gasteiger partial charge in [-0.05, 0) is 32.1 Å². The number of H-pyrrole nitrogens is 1. The van der Waals surface area contributed by atoms with Crippen LogP contribution in [0.4, 0.5) is 5.82 Å². The zero-order chi connectivity index (χ0) is 12.4. The normalized spacial score (nSPS) is 17.2. The van der Waals surface area contributed by atoms with Crippen LogP contribution < -0.4 is 10.9 Å². The average Bonchev–Trinajstić information content (AvgIpc) is 2.97.